The third-order valence-electron chi connectivity index (χ3n) is 5.88. The molecule has 2 aliphatic heterocycles. The zero-order valence-electron chi connectivity index (χ0n) is 18.0. The number of hydrogen-bond donors (Lipinski definition) is 0. The Morgan fingerprint density at radius 1 is 0.882 bits per heavy atom. The van der Waals surface area contributed by atoms with Gasteiger partial charge >= 0.3 is 0 Å². The van der Waals surface area contributed by atoms with Crippen LogP contribution in [-0.4, -0.2) is 31.5 Å². The van der Waals surface area contributed by atoms with Crippen molar-refractivity contribution in [1.29, 1.82) is 0 Å². The maximum Gasteiger partial charge on any atom is 0.239 e. The molecule has 166 valence electrons. The van der Waals surface area contributed by atoms with Crippen LogP contribution < -0.4 is 0 Å². The summed E-state index contributed by atoms with van der Waals surface area (Å²) in [5, 5.41) is 6.34. The van der Waals surface area contributed by atoms with Gasteiger partial charge < -0.3 is 0 Å². The topological polar surface area (TPSA) is 50.5 Å². The standard InChI is InChI=1S/C27H19ClN4OS/c28-20-13-11-19(12-14-20)26-22(16-31(30-26)21-9-5-2-6-10-21)24-15-23(18-7-3-1-4-8-18)29-27-32(24)25(33)17-34-27/h1-16,24H,17H2. The fraction of sp³-hybridized carbons (Fsp3) is 0.0741. The minimum absolute atomic E-state index is 0.0478. The highest BCUT2D eigenvalue weighted by atomic mass is 35.5. The summed E-state index contributed by atoms with van der Waals surface area (Å²) in [4.78, 5) is 19.6. The number of thioether (sulfide) groups is 1. The Morgan fingerprint density at radius 3 is 2.32 bits per heavy atom. The van der Waals surface area contributed by atoms with Gasteiger partial charge in [-0.15, -0.1) is 0 Å². The third-order valence-corrected chi connectivity index (χ3v) is 7.07. The molecular formula is C27H19ClN4OS. The van der Waals surface area contributed by atoms with Crippen LogP contribution in [-0.2, 0) is 4.79 Å². The maximum absolute atomic E-state index is 13.0. The molecule has 3 aromatic carbocycles. The van der Waals surface area contributed by atoms with E-state index in [-0.39, 0.29) is 11.9 Å². The summed E-state index contributed by atoms with van der Waals surface area (Å²) >= 11 is 7.64. The van der Waals surface area contributed by atoms with E-state index < -0.39 is 0 Å². The number of aliphatic imine (C=N–C) groups is 1. The van der Waals surface area contributed by atoms with Crippen LogP contribution in [0.3, 0.4) is 0 Å². The zero-order chi connectivity index (χ0) is 23.1. The van der Waals surface area contributed by atoms with Crippen LogP contribution in [0.15, 0.2) is 102 Å². The number of halogens is 1. The number of aromatic nitrogens is 2. The first kappa shape index (κ1) is 21.0. The first-order valence-electron chi connectivity index (χ1n) is 10.9. The molecular weight excluding hydrogens is 464 g/mol. The van der Waals surface area contributed by atoms with Crippen molar-refractivity contribution < 1.29 is 4.79 Å². The minimum atomic E-state index is -0.326. The summed E-state index contributed by atoms with van der Waals surface area (Å²) in [5.74, 6) is 0.431. The first-order valence-corrected chi connectivity index (χ1v) is 12.3. The van der Waals surface area contributed by atoms with Crippen LogP contribution in [0.2, 0.25) is 5.02 Å². The van der Waals surface area contributed by atoms with E-state index in [9.17, 15) is 4.79 Å². The van der Waals surface area contributed by atoms with Crippen LogP contribution in [0.5, 0.6) is 0 Å². The van der Waals surface area contributed by atoms with E-state index in [0.717, 1.165) is 38.9 Å². The number of benzene rings is 3. The quantitative estimate of drug-likeness (QED) is 0.347. The molecule has 0 saturated carbocycles. The largest absolute Gasteiger partial charge is 0.279 e. The van der Waals surface area contributed by atoms with E-state index in [1.54, 1.807) is 4.90 Å². The monoisotopic (exact) mass is 482 g/mol. The van der Waals surface area contributed by atoms with Crippen LogP contribution in [0.25, 0.3) is 22.6 Å². The number of amidine groups is 1. The molecule has 1 aromatic heterocycles. The molecule has 0 radical (unpaired) electrons. The summed E-state index contributed by atoms with van der Waals surface area (Å²) in [7, 11) is 0. The van der Waals surface area contributed by atoms with Crippen LogP contribution in [0, 0.1) is 0 Å². The first-order chi connectivity index (χ1) is 16.7. The van der Waals surface area contributed by atoms with Gasteiger partial charge in [-0.05, 0) is 35.9 Å². The van der Waals surface area contributed by atoms with E-state index >= 15 is 0 Å². The number of para-hydroxylation sites is 1. The smallest absolute Gasteiger partial charge is 0.239 e. The van der Waals surface area contributed by atoms with Gasteiger partial charge in [-0.2, -0.15) is 5.10 Å². The Hall–Kier alpha value is -3.61. The van der Waals surface area contributed by atoms with Gasteiger partial charge in [0.2, 0.25) is 5.91 Å². The highest BCUT2D eigenvalue weighted by Crippen LogP contribution is 2.41. The molecule has 4 aromatic rings. The predicted molar refractivity (Wildman–Crippen MR) is 138 cm³/mol. The highest BCUT2D eigenvalue weighted by Gasteiger charge is 2.39. The van der Waals surface area contributed by atoms with E-state index in [2.05, 4.69) is 6.08 Å². The second-order valence-electron chi connectivity index (χ2n) is 8.03. The molecule has 0 N–H and O–H groups in total. The molecule has 0 spiro atoms. The summed E-state index contributed by atoms with van der Waals surface area (Å²) in [6.45, 7) is 0. The summed E-state index contributed by atoms with van der Waals surface area (Å²) in [6, 6.07) is 27.3. The average molecular weight is 483 g/mol. The molecule has 3 heterocycles. The maximum atomic E-state index is 13.0. The lowest BCUT2D eigenvalue weighted by Gasteiger charge is -2.29. The molecule has 1 amide bonds. The molecule has 0 bridgehead atoms. The molecule has 1 saturated heterocycles. The van der Waals surface area contributed by atoms with Gasteiger partial charge in [-0.1, -0.05) is 84.0 Å². The molecule has 5 nitrogen and oxygen atoms in total. The number of carbonyl (C=O) groups is 1. The van der Waals surface area contributed by atoms with Crippen molar-refractivity contribution in [3.05, 3.63) is 113 Å². The van der Waals surface area contributed by atoms with Crippen molar-refractivity contribution in [1.82, 2.24) is 14.7 Å². The number of carbonyl (C=O) groups excluding carboxylic acids is 1. The number of fused-ring (bicyclic) bond motifs is 1. The molecule has 34 heavy (non-hydrogen) atoms. The summed E-state index contributed by atoms with van der Waals surface area (Å²) in [5.41, 5.74) is 5.50. The molecule has 1 fully saturated rings. The van der Waals surface area contributed by atoms with Gasteiger partial charge in [-0.3, -0.25) is 9.69 Å². The Labute approximate surface area is 206 Å². The lowest BCUT2D eigenvalue weighted by atomic mass is 9.98. The zero-order valence-corrected chi connectivity index (χ0v) is 19.6. The molecule has 1 atom stereocenters. The van der Waals surface area contributed by atoms with Crippen molar-refractivity contribution >= 4 is 40.1 Å². The molecule has 2 aliphatic rings. The predicted octanol–water partition coefficient (Wildman–Crippen LogP) is 6.22. The van der Waals surface area contributed by atoms with Gasteiger partial charge in [0.05, 0.1) is 28.9 Å². The Morgan fingerprint density at radius 2 is 1.59 bits per heavy atom. The molecule has 7 heteroatoms. The van der Waals surface area contributed by atoms with Crippen LogP contribution in [0.1, 0.15) is 17.2 Å². The fourth-order valence-corrected chi connectivity index (χ4v) is 5.28. The van der Waals surface area contributed by atoms with Crippen LogP contribution in [0.4, 0.5) is 0 Å². The summed E-state index contributed by atoms with van der Waals surface area (Å²) < 4.78 is 1.87. The van der Waals surface area contributed by atoms with Crippen LogP contribution >= 0.6 is 23.4 Å². The third kappa shape index (κ3) is 3.75. The molecule has 0 aliphatic carbocycles. The van der Waals surface area contributed by atoms with Gasteiger partial charge in [-0.25, -0.2) is 9.67 Å². The SMILES string of the molecule is O=C1CSC2=NC(c3ccccc3)=CC(c3cn(-c4ccccc4)nc3-c3ccc(Cl)cc3)N12. The minimum Gasteiger partial charge on any atom is -0.279 e. The van der Waals surface area contributed by atoms with E-state index in [1.165, 1.54) is 11.8 Å². The van der Waals surface area contributed by atoms with Crippen molar-refractivity contribution in [2.24, 2.45) is 4.99 Å². The number of nitrogens with zero attached hydrogens (tertiary/aromatic N) is 4. The normalized spacial score (nSPS) is 17.4. The lowest BCUT2D eigenvalue weighted by Crippen LogP contribution is -2.35. The van der Waals surface area contributed by atoms with Crippen molar-refractivity contribution in [3.8, 4) is 16.9 Å². The highest BCUT2D eigenvalue weighted by molar-refractivity contribution is 8.15. The lowest BCUT2D eigenvalue weighted by molar-refractivity contribution is -0.125. The van der Waals surface area contributed by atoms with E-state index in [4.69, 9.17) is 21.7 Å². The molecule has 6 rings (SSSR count). The van der Waals surface area contributed by atoms with Crippen molar-refractivity contribution in [3.63, 3.8) is 0 Å². The second-order valence-corrected chi connectivity index (χ2v) is 9.41. The fourth-order valence-electron chi connectivity index (χ4n) is 4.24. The number of amides is 1. The average Bonchev–Trinajstić information content (AvgIpc) is 3.49. The number of rotatable bonds is 4. The summed E-state index contributed by atoms with van der Waals surface area (Å²) in [6.07, 6.45) is 4.08. The molecule has 1 unspecified atom stereocenters. The van der Waals surface area contributed by atoms with Gasteiger partial charge in [0.15, 0.2) is 5.17 Å². The van der Waals surface area contributed by atoms with Crippen molar-refractivity contribution in [2.75, 3.05) is 5.75 Å². The van der Waals surface area contributed by atoms with Crippen molar-refractivity contribution in [2.45, 2.75) is 6.04 Å². The Bertz CT molecular complexity index is 1430. The van der Waals surface area contributed by atoms with Gasteiger partial charge in [0.25, 0.3) is 0 Å². The number of hydrogen-bond acceptors (Lipinski definition) is 4. The van der Waals surface area contributed by atoms with E-state index in [0.29, 0.717) is 10.8 Å². The Kier molecular flexibility index (Phi) is 5.32. The van der Waals surface area contributed by atoms with E-state index in [1.807, 2.05) is 95.8 Å². The second kappa shape index (κ2) is 8.63. The van der Waals surface area contributed by atoms with Gasteiger partial charge in [0, 0.05) is 22.3 Å². The van der Waals surface area contributed by atoms with Gasteiger partial charge in [0.1, 0.15) is 0 Å². The Balaban J connectivity index is 1.55.